The highest BCUT2D eigenvalue weighted by Gasteiger charge is 2.11. The molecular formula is C18H19N3O2. The monoisotopic (exact) mass is 309 g/mol. The normalized spacial score (nSPS) is 12.3. The maximum absolute atomic E-state index is 10.0. The van der Waals surface area contributed by atoms with Crippen LogP contribution in [0, 0.1) is 0 Å². The van der Waals surface area contributed by atoms with Crippen LogP contribution in [0.5, 0.6) is 5.75 Å². The summed E-state index contributed by atoms with van der Waals surface area (Å²) in [5.41, 5.74) is 1.40. The first-order chi connectivity index (χ1) is 11.1. The smallest absolute Gasteiger partial charge is 0.165 e. The highest BCUT2D eigenvalue weighted by Crippen LogP contribution is 2.29. The number of anilines is 1. The Balaban J connectivity index is 2.05. The molecular weight excluding hydrogens is 290 g/mol. The molecule has 0 bridgehead atoms. The van der Waals surface area contributed by atoms with Crippen LogP contribution in [-0.4, -0.2) is 32.8 Å². The minimum atomic E-state index is -0.367. The highest BCUT2D eigenvalue weighted by molar-refractivity contribution is 5.90. The number of fused-ring (bicyclic) bond motifs is 1. The third kappa shape index (κ3) is 3.40. The lowest BCUT2D eigenvalue weighted by molar-refractivity contribution is 0.188. The van der Waals surface area contributed by atoms with E-state index in [-0.39, 0.29) is 11.9 Å². The van der Waals surface area contributed by atoms with E-state index < -0.39 is 0 Å². The minimum absolute atomic E-state index is 0.151. The molecule has 118 valence electrons. The van der Waals surface area contributed by atoms with E-state index >= 15 is 0 Å². The zero-order valence-corrected chi connectivity index (χ0v) is 12.9. The number of aromatic hydroxyl groups is 1. The van der Waals surface area contributed by atoms with Crippen molar-refractivity contribution >= 4 is 16.7 Å². The fraction of sp³-hybridized carbons (Fsp3) is 0.222. The number of aliphatic hydroxyl groups is 1. The van der Waals surface area contributed by atoms with Gasteiger partial charge in [-0.2, -0.15) is 0 Å². The molecule has 0 saturated heterocycles. The van der Waals surface area contributed by atoms with Crippen molar-refractivity contribution in [2.24, 2.45) is 0 Å². The summed E-state index contributed by atoms with van der Waals surface area (Å²) in [6.45, 7) is 2.37. The second-order valence-corrected chi connectivity index (χ2v) is 5.49. The Morgan fingerprint density at radius 1 is 1.04 bits per heavy atom. The molecule has 5 heteroatoms. The molecule has 1 aromatic heterocycles. The number of benzene rings is 2. The van der Waals surface area contributed by atoms with Gasteiger partial charge in [0.25, 0.3) is 0 Å². The fourth-order valence-electron chi connectivity index (χ4n) is 2.39. The highest BCUT2D eigenvalue weighted by atomic mass is 16.3. The minimum Gasteiger partial charge on any atom is -0.507 e. The third-order valence-electron chi connectivity index (χ3n) is 3.60. The number of phenols is 1. The van der Waals surface area contributed by atoms with Gasteiger partial charge in [0.05, 0.1) is 17.2 Å². The quantitative estimate of drug-likeness (QED) is 0.674. The van der Waals surface area contributed by atoms with Crippen molar-refractivity contribution in [2.75, 3.05) is 11.9 Å². The van der Waals surface area contributed by atoms with Gasteiger partial charge in [-0.25, -0.2) is 9.97 Å². The van der Waals surface area contributed by atoms with Gasteiger partial charge in [0.1, 0.15) is 11.6 Å². The van der Waals surface area contributed by atoms with Gasteiger partial charge < -0.3 is 15.5 Å². The number of aliphatic hydroxyl groups excluding tert-OH is 1. The number of para-hydroxylation sites is 2. The van der Waals surface area contributed by atoms with Gasteiger partial charge in [0.15, 0.2) is 5.82 Å². The van der Waals surface area contributed by atoms with Crippen molar-refractivity contribution in [3.63, 3.8) is 0 Å². The molecule has 0 amide bonds. The Morgan fingerprint density at radius 2 is 1.78 bits per heavy atom. The number of hydrogen-bond acceptors (Lipinski definition) is 5. The molecule has 3 rings (SSSR count). The lowest BCUT2D eigenvalue weighted by Crippen LogP contribution is -2.11. The van der Waals surface area contributed by atoms with Crippen LogP contribution in [0.15, 0.2) is 48.5 Å². The number of hydrogen-bond donors (Lipinski definition) is 3. The molecule has 3 N–H and O–H groups in total. The van der Waals surface area contributed by atoms with E-state index in [0.717, 1.165) is 10.9 Å². The first-order valence-corrected chi connectivity index (χ1v) is 7.62. The van der Waals surface area contributed by atoms with Crippen LogP contribution in [0.4, 0.5) is 5.82 Å². The first kappa shape index (κ1) is 15.2. The second-order valence-electron chi connectivity index (χ2n) is 5.49. The molecule has 1 unspecified atom stereocenters. The zero-order valence-electron chi connectivity index (χ0n) is 12.9. The van der Waals surface area contributed by atoms with E-state index in [0.29, 0.717) is 30.2 Å². The van der Waals surface area contributed by atoms with Crippen molar-refractivity contribution in [3.8, 4) is 17.1 Å². The third-order valence-corrected chi connectivity index (χ3v) is 3.60. The molecule has 0 saturated carbocycles. The summed E-state index contributed by atoms with van der Waals surface area (Å²) in [7, 11) is 0. The fourth-order valence-corrected chi connectivity index (χ4v) is 2.39. The van der Waals surface area contributed by atoms with Gasteiger partial charge >= 0.3 is 0 Å². The molecule has 23 heavy (non-hydrogen) atoms. The Morgan fingerprint density at radius 3 is 2.57 bits per heavy atom. The average molecular weight is 309 g/mol. The summed E-state index contributed by atoms with van der Waals surface area (Å²) >= 11 is 0. The molecule has 0 aliphatic rings. The van der Waals surface area contributed by atoms with Crippen LogP contribution in [-0.2, 0) is 0 Å². The van der Waals surface area contributed by atoms with Gasteiger partial charge in [0, 0.05) is 11.9 Å². The van der Waals surface area contributed by atoms with Crippen molar-refractivity contribution in [1.82, 2.24) is 9.97 Å². The number of aromatic nitrogens is 2. The van der Waals surface area contributed by atoms with E-state index in [9.17, 15) is 10.2 Å². The number of nitrogens with zero attached hydrogens (tertiary/aromatic N) is 2. The predicted molar refractivity (Wildman–Crippen MR) is 91.4 cm³/mol. The molecule has 1 heterocycles. The maximum Gasteiger partial charge on any atom is 0.165 e. The molecule has 1 atom stereocenters. The molecule has 2 aromatic carbocycles. The predicted octanol–water partition coefficient (Wildman–Crippen LogP) is 3.19. The summed E-state index contributed by atoms with van der Waals surface area (Å²) in [5, 5.41) is 23.6. The van der Waals surface area contributed by atoms with Crippen LogP contribution in [0.3, 0.4) is 0 Å². The van der Waals surface area contributed by atoms with Crippen molar-refractivity contribution < 1.29 is 10.2 Å². The van der Waals surface area contributed by atoms with E-state index in [1.165, 1.54) is 0 Å². The summed E-state index contributed by atoms with van der Waals surface area (Å²) in [6.07, 6.45) is 0.262. The van der Waals surface area contributed by atoms with Crippen LogP contribution in [0.1, 0.15) is 13.3 Å². The maximum atomic E-state index is 10.0. The topological polar surface area (TPSA) is 78.3 Å². The number of phenolic OH excluding ortho intramolecular Hbond substituents is 1. The molecule has 0 aliphatic heterocycles. The van der Waals surface area contributed by atoms with Crippen molar-refractivity contribution in [3.05, 3.63) is 48.5 Å². The van der Waals surface area contributed by atoms with E-state index in [2.05, 4.69) is 15.3 Å². The number of rotatable bonds is 5. The molecule has 0 aliphatic carbocycles. The largest absolute Gasteiger partial charge is 0.507 e. The summed E-state index contributed by atoms with van der Waals surface area (Å²) < 4.78 is 0. The van der Waals surface area contributed by atoms with Gasteiger partial charge in [0.2, 0.25) is 0 Å². The number of nitrogens with one attached hydrogen (secondary N) is 1. The Bertz CT molecular complexity index is 818. The van der Waals surface area contributed by atoms with Gasteiger partial charge in [-0.3, -0.25) is 0 Å². The van der Waals surface area contributed by atoms with E-state index in [1.807, 2.05) is 30.3 Å². The van der Waals surface area contributed by atoms with Gasteiger partial charge in [-0.05, 0) is 37.6 Å². The van der Waals surface area contributed by atoms with Crippen LogP contribution in [0.25, 0.3) is 22.3 Å². The molecule has 0 fully saturated rings. The Kier molecular flexibility index (Phi) is 4.39. The summed E-state index contributed by atoms with van der Waals surface area (Å²) in [5.74, 6) is 1.33. The first-order valence-electron chi connectivity index (χ1n) is 7.62. The molecule has 5 nitrogen and oxygen atoms in total. The summed E-state index contributed by atoms with van der Waals surface area (Å²) in [6, 6.07) is 14.7. The van der Waals surface area contributed by atoms with Gasteiger partial charge in [-0.15, -0.1) is 0 Å². The second kappa shape index (κ2) is 6.62. The molecule has 3 aromatic rings. The van der Waals surface area contributed by atoms with Crippen LogP contribution < -0.4 is 5.32 Å². The van der Waals surface area contributed by atoms with Crippen LogP contribution in [0.2, 0.25) is 0 Å². The molecule has 0 radical (unpaired) electrons. The van der Waals surface area contributed by atoms with Gasteiger partial charge in [-0.1, -0.05) is 24.3 Å². The SMILES string of the molecule is CC(O)CCNc1nc(-c2ccccc2O)nc2ccccc12. The Labute approximate surface area is 134 Å². The molecule has 0 spiro atoms. The lowest BCUT2D eigenvalue weighted by atomic mass is 10.1. The standard InChI is InChI=1S/C18H19N3O2/c1-12(22)10-11-19-17-13-6-2-4-8-15(13)20-18(21-17)14-7-3-5-9-16(14)23/h2-9,12,22-23H,10-11H2,1H3,(H,19,20,21). The zero-order chi connectivity index (χ0) is 16.2. The van der Waals surface area contributed by atoms with E-state index in [1.54, 1.807) is 25.1 Å². The average Bonchev–Trinajstić information content (AvgIpc) is 2.54. The Hall–Kier alpha value is -2.66. The van der Waals surface area contributed by atoms with Crippen molar-refractivity contribution in [1.29, 1.82) is 0 Å². The lowest BCUT2D eigenvalue weighted by Gasteiger charge is -2.12. The van der Waals surface area contributed by atoms with Crippen LogP contribution >= 0.6 is 0 Å². The van der Waals surface area contributed by atoms with E-state index in [4.69, 9.17) is 0 Å². The summed E-state index contributed by atoms with van der Waals surface area (Å²) in [4.78, 5) is 9.11. The van der Waals surface area contributed by atoms with Crippen molar-refractivity contribution in [2.45, 2.75) is 19.4 Å².